The zero-order valence-electron chi connectivity index (χ0n) is 13.4. The van der Waals surface area contributed by atoms with Gasteiger partial charge in [-0.05, 0) is 48.6 Å². The summed E-state index contributed by atoms with van der Waals surface area (Å²) in [6.07, 6.45) is 4.32. The molecule has 23 heavy (non-hydrogen) atoms. The fourth-order valence-corrected chi connectivity index (χ4v) is 2.70. The number of rotatable bonds is 5. The Balaban J connectivity index is 2.42. The number of carbonyl (C=O) groups excluding carboxylic acids is 1. The second-order valence-corrected chi connectivity index (χ2v) is 5.46. The highest BCUT2D eigenvalue weighted by Gasteiger charge is 2.23. The van der Waals surface area contributed by atoms with Gasteiger partial charge >= 0.3 is 6.61 Å². The van der Waals surface area contributed by atoms with Gasteiger partial charge in [0, 0.05) is 5.92 Å². The van der Waals surface area contributed by atoms with E-state index in [0.29, 0.717) is 12.0 Å². The van der Waals surface area contributed by atoms with E-state index in [4.69, 9.17) is 9.47 Å². The maximum Gasteiger partial charge on any atom is 0.387 e. The molecule has 0 radical (unpaired) electrons. The molecule has 0 aliphatic heterocycles. The molecule has 0 heterocycles. The summed E-state index contributed by atoms with van der Waals surface area (Å²) in [5.41, 5.74) is 1.38. The molecule has 0 spiro atoms. The second-order valence-electron chi connectivity index (χ2n) is 5.46. The van der Waals surface area contributed by atoms with Gasteiger partial charge in [-0.3, -0.25) is 4.79 Å². The van der Waals surface area contributed by atoms with Crippen LogP contribution in [-0.2, 0) is 4.79 Å². The van der Waals surface area contributed by atoms with Crippen molar-refractivity contribution in [1.82, 2.24) is 0 Å². The molecule has 0 bridgehead atoms. The van der Waals surface area contributed by atoms with Crippen molar-refractivity contribution in [3.63, 3.8) is 0 Å². The van der Waals surface area contributed by atoms with Crippen LogP contribution >= 0.6 is 0 Å². The highest BCUT2D eigenvalue weighted by molar-refractivity contribution is 6.01. The average molecular weight is 326 g/mol. The van der Waals surface area contributed by atoms with E-state index in [9.17, 15) is 13.6 Å². The van der Waals surface area contributed by atoms with E-state index in [1.165, 1.54) is 14.2 Å². The lowest BCUT2D eigenvalue weighted by Crippen LogP contribution is -2.18. The summed E-state index contributed by atoms with van der Waals surface area (Å²) in [7, 11) is 2.72. The summed E-state index contributed by atoms with van der Waals surface area (Å²) in [6.45, 7) is -1.07. The van der Waals surface area contributed by atoms with E-state index in [1.54, 1.807) is 18.2 Å². The molecule has 2 rings (SSSR count). The van der Waals surface area contributed by atoms with Crippen molar-refractivity contribution in [2.75, 3.05) is 14.2 Å². The molecule has 1 aromatic rings. The molecule has 0 unspecified atom stereocenters. The zero-order valence-corrected chi connectivity index (χ0v) is 13.4. The topological polar surface area (TPSA) is 44.8 Å². The van der Waals surface area contributed by atoms with Crippen LogP contribution in [0.5, 0.6) is 17.2 Å². The van der Waals surface area contributed by atoms with E-state index in [0.717, 1.165) is 18.4 Å². The summed E-state index contributed by atoms with van der Waals surface area (Å²) in [5.74, 6) is 0.249. The van der Waals surface area contributed by atoms with Crippen LogP contribution in [0.15, 0.2) is 17.7 Å². The van der Waals surface area contributed by atoms with Crippen molar-refractivity contribution in [3.05, 3.63) is 23.3 Å². The van der Waals surface area contributed by atoms with Crippen molar-refractivity contribution in [3.8, 4) is 17.2 Å². The standard InChI is InChI=1S/C17H20F2O4/c1-10-5-4-6-12(15(10)20)7-11-8-13(21-2)16(23-17(18)19)14(9-11)22-3/h7-10,17H,4-6H2,1-3H3/b12-7+/t10-/m1/s1. The quantitative estimate of drug-likeness (QED) is 0.765. The molecule has 6 heteroatoms. The first-order valence-electron chi connectivity index (χ1n) is 7.42. The monoisotopic (exact) mass is 326 g/mol. The lowest BCUT2D eigenvalue weighted by molar-refractivity contribution is -0.119. The fourth-order valence-electron chi connectivity index (χ4n) is 2.70. The lowest BCUT2D eigenvalue weighted by Gasteiger charge is -2.19. The van der Waals surface area contributed by atoms with Crippen molar-refractivity contribution >= 4 is 11.9 Å². The number of alkyl halides is 2. The van der Waals surface area contributed by atoms with Gasteiger partial charge in [0.15, 0.2) is 17.3 Å². The fraction of sp³-hybridized carbons (Fsp3) is 0.471. The Morgan fingerprint density at radius 3 is 2.35 bits per heavy atom. The Morgan fingerprint density at radius 2 is 1.83 bits per heavy atom. The molecule has 0 N–H and O–H groups in total. The number of ether oxygens (including phenoxy) is 3. The highest BCUT2D eigenvalue weighted by atomic mass is 19.3. The molecule has 1 aliphatic rings. The maximum atomic E-state index is 12.5. The minimum atomic E-state index is -2.98. The molecule has 0 aromatic heterocycles. The second kappa shape index (κ2) is 7.44. The molecule has 1 aromatic carbocycles. The molecule has 1 atom stereocenters. The van der Waals surface area contributed by atoms with Gasteiger partial charge in [-0.1, -0.05) is 6.92 Å². The summed E-state index contributed by atoms with van der Waals surface area (Å²) in [6, 6.07) is 3.11. The molecule has 0 amide bonds. The normalized spacial score (nSPS) is 20.0. The van der Waals surface area contributed by atoms with Crippen LogP contribution in [-0.4, -0.2) is 26.6 Å². The molecule has 4 nitrogen and oxygen atoms in total. The van der Waals surface area contributed by atoms with Gasteiger partial charge in [0.2, 0.25) is 5.75 Å². The van der Waals surface area contributed by atoms with Crippen molar-refractivity contribution < 1.29 is 27.8 Å². The van der Waals surface area contributed by atoms with Crippen molar-refractivity contribution in [2.24, 2.45) is 5.92 Å². The molecule has 1 saturated carbocycles. The van der Waals surface area contributed by atoms with Crippen molar-refractivity contribution in [1.29, 1.82) is 0 Å². The molecular formula is C17H20F2O4. The first kappa shape index (κ1) is 17.2. The third-order valence-electron chi connectivity index (χ3n) is 3.88. The van der Waals surface area contributed by atoms with Crippen LogP contribution in [0.25, 0.3) is 6.08 Å². The molecule has 1 fully saturated rings. The number of methoxy groups -OCH3 is 2. The Bertz CT molecular complexity index is 586. The summed E-state index contributed by atoms with van der Waals surface area (Å²) in [4.78, 5) is 12.2. The third kappa shape index (κ3) is 4.00. The van der Waals surface area contributed by atoms with Gasteiger partial charge in [0.1, 0.15) is 0 Å². The molecule has 126 valence electrons. The van der Waals surface area contributed by atoms with Gasteiger partial charge in [0.05, 0.1) is 14.2 Å². The minimum Gasteiger partial charge on any atom is -0.493 e. The first-order valence-corrected chi connectivity index (χ1v) is 7.42. The number of benzene rings is 1. The number of allylic oxidation sites excluding steroid dienone is 1. The Morgan fingerprint density at radius 1 is 1.22 bits per heavy atom. The number of carbonyl (C=O) groups is 1. The number of hydrogen-bond donors (Lipinski definition) is 0. The highest BCUT2D eigenvalue weighted by Crippen LogP contribution is 2.40. The summed E-state index contributed by atoms with van der Waals surface area (Å²) < 4.78 is 39.8. The van der Waals surface area contributed by atoms with Crippen LogP contribution in [0.4, 0.5) is 8.78 Å². The Labute approximate surface area is 134 Å². The zero-order chi connectivity index (χ0) is 17.0. The largest absolute Gasteiger partial charge is 0.493 e. The van der Waals surface area contributed by atoms with Crippen molar-refractivity contribution in [2.45, 2.75) is 32.8 Å². The van der Waals surface area contributed by atoms with Crippen LogP contribution in [0.2, 0.25) is 0 Å². The smallest absolute Gasteiger partial charge is 0.387 e. The third-order valence-corrected chi connectivity index (χ3v) is 3.88. The molecular weight excluding hydrogens is 306 g/mol. The first-order chi connectivity index (χ1) is 11.0. The number of hydrogen-bond acceptors (Lipinski definition) is 4. The summed E-state index contributed by atoms with van der Waals surface area (Å²) in [5, 5.41) is 0. The Kier molecular flexibility index (Phi) is 5.58. The van der Waals surface area contributed by atoms with Crippen LogP contribution in [0, 0.1) is 5.92 Å². The predicted molar refractivity (Wildman–Crippen MR) is 82.2 cm³/mol. The van der Waals surface area contributed by atoms with Gasteiger partial charge in [0.25, 0.3) is 0 Å². The van der Waals surface area contributed by atoms with Gasteiger partial charge in [-0.25, -0.2) is 0 Å². The average Bonchev–Trinajstić information content (AvgIpc) is 2.52. The number of ketones is 1. The SMILES string of the molecule is COc1cc(/C=C2\CCC[C@@H](C)C2=O)cc(OC)c1OC(F)F. The minimum absolute atomic E-state index is 0.0141. The van der Waals surface area contributed by atoms with Gasteiger partial charge in [-0.15, -0.1) is 0 Å². The van der Waals surface area contributed by atoms with E-state index in [1.807, 2.05) is 6.92 Å². The van der Waals surface area contributed by atoms with Crippen LogP contribution in [0.3, 0.4) is 0 Å². The van der Waals surface area contributed by atoms with E-state index in [2.05, 4.69) is 4.74 Å². The van der Waals surface area contributed by atoms with E-state index >= 15 is 0 Å². The van der Waals surface area contributed by atoms with Crippen LogP contribution in [0.1, 0.15) is 31.7 Å². The lowest BCUT2D eigenvalue weighted by atomic mass is 9.84. The maximum absolute atomic E-state index is 12.5. The molecule has 0 saturated heterocycles. The summed E-state index contributed by atoms with van der Waals surface area (Å²) >= 11 is 0. The van der Waals surface area contributed by atoms with Crippen LogP contribution < -0.4 is 14.2 Å². The number of halogens is 2. The van der Waals surface area contributed by atoms with Gasteiger partial charge < -0.3 is 14.2 Å². The Hall–Kier alpha value is -2.11. The number of Topliss-reactive ketones (excluding diaryl/α,β-unsaturated/α-hetero) is 1. The van der Waals surface area contributed by atoms with Gasteiger partial charge in [-0.2, -0.15) is 8.78 Å². The predicted octanol–water partition coefficient (Wildman–Crippen LogP) is 4.08. The van der Waals surface area contributed by atoms with E-state index < -0.39 is 6.61 Å². The molecule has 1 aliphatic carbocycles. The van der Waals surface area contributed by atoms with E-state index in [-0.39, 0.29) is 28.9 Å².